The van der Waals surface area contributed by atoms with E-state index in [-0.39, 0.29) is 19.2 Å². The van der Waals surface area contributed by atoms with Crippen LogP contribution >= 0.6 is 8.58 Å². The van der Waals surface area contributed by atoms with Crippen molar-refractivity contribution < 1.29 is 19.2 Å². The molecule has 2 heteroatoms. The zero-order chi connectivity index (χ0) is 19.1. The van der Waals surface area contributed by atoms with Crippen LogP contribution in [0.15, 0.2) is 90.0 Å². The average Bonchev–Trinajstić information content (AvgIpc) is 3.18. The number of allylic oxidation sites excluding steroid dienone is 2. The van der Waals surface area contributed by atoms with Gasteiger partial charge in [0.05, 0.1) is 0 Å². The van der Waals surface area contributed by atoms with E-state index in [9.17, 15) is 0 Å². The van der Waals surface area contributed by atoms with Crippen molar-refractivity contribution in [2.45, 2.75) is 22.3 Å². The average molecular weight is 414 g/mol. The fraction of sp³-hybridized carbons (Fsp3) is 0.154. The van der Waals surface area contributed by atoms with Gasteiger partial charge in [0.25, 0.3) is 0 Å². The SMILES string of the molecule is CC1=Cc2ccccc2[CH]1[Ti][CH]1C(C)=C(Pc2ccccc2)c2ccccc21. The van der Waals surface area contributed by atoms with Crippen molar-refractivity contribution in [3.63, 3.8) is 0 Å². The first-order valence-electron chi connectivity index (χ1n) is 9.87. The molecule has 0 aliphatic heterocycles. The first-order chi connectivity index (χ1) is 13.7. The van der Waals surface area contributed by atoms with E-state index in [2.05, 4.69) is 98.8 Å². The maximum absolute atomic E-state index is 2.41. The normalized spacial score (nSPS) is 20.4. The van der Waals surface area contributed by atoms with E-state index in [0.29, 0.717) is 8.45 Å². The van der Waals surface area contributed by atoms with Gasteiger partial charge < -0.3 is 0 Å². The van der Waals surface area contributed by atoms with Crippen molar-refractivity contribution in [3.8, 4) is 0 Å². The van der Waals surface area contributed by atoms with Crippen molar-refractivity contribution in [3.05, 3.63) is 112 Å². The molecule has 28 heavy (non-hydrogen) atoms. The van der Waals surface area contributed by atoms with Crippen molar-refractivity contribution in [1.29, 1.82) is 0 Å². The van der Waals surface area contributed by atoms with Gasteiger partial charge in [-0.3, -0.25) is 0 Å². The van der Waals surface area contributed by atoms with Gasteiger partial charge in [-0.25, -0.2) is 0 Å². The molecular weight excluding hydrogens is 391 g/mol. The van der Waals surface area contributed by atoms with E-state index in [4.69, 9.17) is 0 Å². The summed E-state index contributed by atoms with van der Waals surface area (Å²) >= 11 is -0.235. The van der Waals surface area contributed by atoms with Gasteiger partial charge in [-0.15, -0.1) is 0 Å². The second-order valence-corrected chi connectivity index (χ2v) is 11.3. The molecule has 0 nitrogen and oxygen atoms in total. The summed E-state index contributed by atoms with van der Waals surface area (Å²) in [5.74, 6) is 0. The Kier molecular flexibility index (Phi) is 4.98. The summed E-state index contributed by atoms with van der Waals surface area (Å²) in [6, 6.07) is 29.1. The number of hydrogen-bond donors (Lipinski definition) is 0. The van der Waals surface area contributed by atoms with Crippen molar-refractivity contribution >= 4 is 25.3 Å². The molecule has 136 valence electrons. The predicted octanol–water partition coefficient (Wildman–Crippen LogP) is 6.72. The van der Waals surface area contributed by atoms with Crippen molar-refractivity contribution in [1.82, 2.24) is 0 Å². The van der Waals surface area contributed by atoms with E-state index < -0.39 is 0 Å². The number of hydrogen-bond acceptors (Lipinski definition) is 0. The van der Waals surface area contributed by atoms with Gasteiger partial charge in [0, 0.05) is 0 Å². The zero-order valence-electron chi connectivity index (χ0n) is 16.2. The topological polar surface area (TPSA) is 0 Å². The third kappa shape index (κ3) is 3.19. The van der Waals surface area contributed by atoms with E-state index in [1.165, 1.54) is 16.4 Å². The predicted molar refractivity (Wildman–Crippen MR) is 119 cm³/mol. The molecule has 0 aromatic heterocycles. The van der Waals surface area contributed by atoms with Crippen LogP contribution in [0.3, 0.4) is 0 Å². The second-order valence-electron chi connectivity index (χ2n) is 7.69. The van der Waals surface area contributed by atoms with Gasteiger partial charge in [0.2, 0.25) is 0 Å². The molecule has 0 N–H and O–H groups in total. The van der Waals surface area contributed by atoms with Gasteiger partial charge in [-0.2, -0.15) is 0 Å². The summed E-state index contributed by atoms with van der Waals surface area (Å²) in [4.78, 5) is 0. The molecule has 2 aliphatic rings. The van der Waals surface area contributed by atoms with E-state index >= 15 is 0 Å². The summed E-state index contributed by atoms with van der Waals surface area (Å²) < 4.78 is 1.30. The fourth-order valence-electron chi connectivity index (χ4n) is 4.48. The molecule has 3 aromatic rings. The van der Waals surface area contributed by atoms with Crippen LogP contribution in [0.2, 0.25) is 0 Å². The third-order valence-electron chi connectivity index (χ3n) is 5.89. The molecule has 0 radical (unpaired) electrons. The molecule has 0 saturated carbocycles. The number of benzene rings is 3. The number of fused-ring (bicyclic) bond motifs is 2. The minimum atomic E-state index is -0.235. The minimum absolute atomic E-state index is 0.235. The molecule has 0 amide bonds. The van der Waals surface area contributed by atoms with Crippen molar-refractivity contribution in [2.24, 2.45) is 0 Å². The first kappa shape index (κ1) is 18.3. The van der Waals surface area contributed by atoms with Crippen LogP contribution in [0.5, 0.6) is 0 Å². The van der Waals surface area contributed by atoms with Crippen LogP contribution in [0.25, 0.3) is 11.4 Å². The monoisotopic (exact) mass is 414 g/mol. The summed E-state index contributed by atoms with van der Waals surface area (Å²) in [7, 11) is 0.747. The van der Waals surface area contributed by atoms with E-state index in [1.54, 1.807) is 27.6 Å². The maximum atomic E-state index is 2.41. The van der Waals surface area contributed by atoms with Crippen LogP contribution in [-0.4, -0.2) is 0 Å². The van der Waals surface area contributed by atoms with E-state index in [0.717, 1.165) is 8.58 Å². The molecule has 0 fully saturated rings. The van der Waals surface area contributed by atoms with Crippen LogP contribution in [-0.2, 0) is 19.2 Å². The molecular formula is C26H23PTi. The Labute approximate surface area is 178 Å². The third-order valence-corrected chi connectivity index (χ3v) is 10.8. The van der Waals surface area contributed by atoms with Gasteiger partial charge in [-0.1, -0.05) is 0 Å². The molecule has 5 rings (SSSR count). The molecule has 2 aliphatic carbocycles. The molecule has 0 spiro atoms. The Hall–Kier alpha value is -1.72. The summed E-state index contributed by atoms with van der Waals surface area (Å²) in [5.41, 5.74) is 9.27. The van der Waals surface area contributed by atoms with Crippen LogP contribution in [0.4, 0.5) is 0 Å². The number of rotatable bonds is 4. The summed E-state index contributed by atoms with van der Waals surface area (Å²) in [6.45, 7) is 4.74. The standard InChI is InChI=1S/C16H14P.C10H9.Ti/c1-12-11-13-7-5-6-10-15(13)16(12)17-14-8-3-2-4-9-14;1-8-6-9-4-2-3-5-10(9)7-8;/h2-11,17H,1H3;2-7H,1H3;. The molecule has 3 unspecified atom stereocenters. The molecule has 0 saturated heterocycles. The van der Waals surface area contributed by atoms with E-state index in [1.807, 2.05) is 0 Å². The molecule has 0 heterocycles. The summed E-state index contributed by atoms with van der Waals surface area (Å²) in [6.07, 6.45) is 2.41. The van der Waals surface area contributed by atoms with Gasteiger partial charge in [0.1, 0.15) is 0 Å². The molecule has 3 aromatic carbocycles. The van der Waals surface area contributed by atoms with Crippen LogP contribution in [0.1, 0.15) is 44.5 Å². The molecule has 3 atom stereocenters. The first-order valence-corrected chi connectivity index (χ1v) is 12.7. The van der Waals surface area contributed by atoms with Gasteiger partial charge >= 0.3 is 179 Å². The Balaban J connectivity index is 1.52. The molecule has 0 bridgehead atoms. The second kappa shape index (κ2) is 7.60. The van der Waals surface area contributed by atoms with Crippen LogP contribution < -0.4 is 5.30 Å². The zero-order valence-corrected chi connectivity index (χ0v) is 18.8. The van der Waals surface area contributed by atoms with Crippen molar-refractivity contribution in [2.75, 3.05) is 0 Å². The fourth-order valence-corrected chi connectivity index (χ4v) is 9.10. The summed E-state index contributed by atoms with van der Waals surface area (Å²) in [5, 5.41) is 3.03. The Morgan fingerprint density at radius 3 is 2.21 bits per heavy atom. The Morgan fingerprint density at radius 1 is 0.714 bits per heavy atom. The quantitative estimate of drug-likeness (QED) is 0.329. The van der Waals surface area contributed by atoms with Gasteiger partial charge in [0.15, 0.2) is 0 Å². The van der Waals surface area contributed by atoms with Crippen LogP contribution in [0, 0.1) is 0 Å². The Morgan fingerprint density at radius 2 is 1.39 bits per heavy atom. The van der Waals surface area contributed by atoms with Gasteiger partial charge in [-0.05, 0) is 0 Å². The Bertz CT molecular complexity index is 1090.